The third-order valence-corrected chi connectivity index (χ3v) is 2.66. The maximum absolute atomic E-state index is 5.66. The van der Waals surface area contributed by atoms with Crippen LogP contribution in [0.15, 0.2) is 6.33 Å². The normalized spacial score (nSPS) is 18.1. The molecule has 0 aromatic carbocycles. The van der Waals surface area contributed by atoms with Gasteiger partial charge < -0.3 is 5.32 Å². The highest BCUT2D eigenvalue weighted by molar-refractivity contribution is 6.28. The molecule has 0 atom stereocenters. The monoisotopic (exact) mass is 212 g/mol. The van der Waals surface area contributed by atoms with Crippen molar-refractivity contribution in [1.29, 1.82) is 0 Å². The topological polar surface area (TPSA) is 50.7 Å². The molecule has 1 aliphatic rings. The van der Waals surface area contributed by atoms with Crippen LogP contribution in [0.2, 0.25) is 5.28 Å². The predicted octanol–water partition coefficient (Wildman–Crippen LogP) is 2.27. The van der Waals surface area contributed by atoms with Crippen LogP contribution in [0.25, 0.3) is 0 Å². The molecule has 1 aromatic heterocycles. The second-order valence-corrected chi connectivity index (χ2v) is 3.90. The van der Waals surface area contributed by atoms with E-state index < -0.39 is 0 Å². The van der Waals surface area contributed by atoms with Crippen LogP contribution < -0.4 is 5.32 Å². The summed E-state index contributed by atoms with van der Waals surface area (Å²) in [4.78, 5) is 11.8. The molecule has 1 aliphatic carbocycles. The van der Waals surface area contributed by atoms with Crippen LogP contribution in [0.4, 0.5) is 5.95 Å². The fourth-order valence-corrected chi connectivity index (χ4v) is 1.90. The molecule has 0 saturated heterocycles. The summed E-state index contributed by atoms with van der Waals surface area (Å²) in [5, 5.41) is 3.52. The minimum absolute atomic E-state index is 0.248. The number of halogens is 1. The first-order valence-corrected chi connectivity index (χ1v) is 5.33. The Labute approximate surface area is 88.1 Å². The number of hydrogen-bond donors (Lipinski definition) is 1. The van der Waals surface area contributed by atoms with E-state index in [1.54, 1.807) is 0 Å². The fraction of sp³-hybridized carbons (Fsp3) is 0.667. The van der Waals surface area contributed by atoms with Gasteiger partial charge in [-0.15, -0.1) is 0 Å². The van der Waals surface area contributed by atoms with Crippen molar-refractivity contribution in [3.05, 3.63) is 11.6 Å². The van der Waals surface area contributed by atoms with Crippen LogP contribution in [0.5, 0.6) is 0 Å². The summed E-state index contributed by atoms with van der Waals surface area (Å²) < 4.78 is 0. The number of rotatable bonds is 2. The summed E-state index contributed by atoms with van der Waals surface area (Å²) in [7, 11) is 0. The van der Waals surface area contributed by atoms with E-state index in [-0.39, 0.29) is 5.28 Å². The van der Waals surface area contributed by atoms with Gasteiger partial charge in [-0.05, 0) is 24.4 Å². The second-order valence-electron chi connectivity index (χ2n) is 3.56. The zero-order valence-electron chi connectivity index (χ0n) is 7.91. The molecule has 1 saturated carbocycles. The summed E-state index contributed by atoms with van der Waals surface area (Å²) in [6.45, 7) is 0. The van der Waals surface area contributed by atoms with Gasteiger partial charge in [0.15, 0.2) is 0 Å². The molecule has 14 heavy (non-hydrogen) atoms. The summed E-state index contributed by atoms with van der Waals surface area (Å²) in [5.74, 6) is 0.594. The highest BCUT2D eigenvalue weighted by Crippen LogP contribution is 2.20. The molecule has 4 nitrogen and oxygen atoms in total. The van der Waals surface area contributed by atoms with Gasteiger partial charge in [-0.1, -0.05) is 19.3 Å². The zero-order chi connectivity index (χ0) is 9.80. The zero-order valence-corrected chi connectivity index (χ0v) is 8.67. The van der Waals surface area contributed by atoms with Crippen molar-refractivity contribution >= 4 is 17.5 Å². The van der Waals surface area contributed by atoms with Gasteiger partial charge in [-0.25, -0.2) is 9.97 Å². The molecule has 1 heterocycles. The lowest BCUT2D eigenvalue weighted by atomic mass is 9.96. The Balaban J connectivity index is 1.95. The third-order valence-electron chi connectivity index (χ3n) is 2.48. The van der Waals surface area contributed by atoms with E-state index in [1.807, 2.05) is 0 Å². The van der Waals surface area contributed by atoms with Crippen molar-refractivity contribution in [2.45, 2.75) is 38.1 Å². The standard InChI is InChI=1S/C9H13ClN4/c10-8-11-6-12-9(14-8)13-7-4-2-1-3-5-7/h6-7H,1-5H2,(H,11,12,13,14). The number of anilines is 1. The molecule has 76 valence electrons. The van der Waals surface area contributed by atoms with Gasteiger partial charge in [-0.3, -0.25) is 0 Å². The summed E-state index contributed by atoms with van der Waals surface area (Å²) in [6.07, 6.45) is 7.75. The largest absolute Gasteiger partial charge is 0.351 e. The van der Waals surface area contributed by atoms with E-state index >= 15 is 0 Å². The number of hydrogen-bond acceptors (Lipinski definition) is 4. The van der Waals surface area contributed by atoms with Crippen molar-refractivity contribution < 1.29 is 0 Å². The van der Waals surface area contributed by atoms with E-state index in [1.165, 1.54) is 38.4 Å². The maximum Gasteiger partial charge on any atom is 0.227 e. The van der Waals surface area contributed by atoms with E-state index in [0.29, 0.717) is 12.0 Å². The SMILES string of the molecule is Clc1ncnc(NC2CCCCC2)n1. The van der Waals surface area contributed by atoms with Crippen molar-refractivity contribution in [2.75, 3.05) is 5.32 Å². The van der Waals surface area contributed by atoms with Crippen molar-refractivity contribution in [3.8, 4) is 0 Å². The molecule has 0 spiro atoms. The molecule has 1 aromatic rings. The quantitative estimate of drug-likeness (QED) is 0.817. The Morgan fingerprint density at radius 2 is 2.00 bits per heavy atom. The van der Waals surface area contributed by atoms with E-state index in [9.17, 15) is 0 Å². The molecule has 0 bridgehead atoms. The third kappa shape index (κ3) is 2.54. The molecule has 0 amide bonds. The van der Waals surface area contributed by atoms with Crippen molar-refractivity contribution in [3.63, 3.8) is 0 Å². The summed E-state index contributed by atoms with van der Waals surface area (Å²) in [5.41, 5.74) is 0. The van der Waals surface area contributed by atoms with Crippen molar-refractivity contribution in [2.24, 2.45) is 0 Å². The van der Waals surface area contributed by atoms with E-state index in [2.05, 4.69) is 20.3 Å². The second kappa shape index (κ2) is 4.55. The van der Waals surface area contributed by atoms with E-state index in [0.717, 1.165) is 0 Å². The average molecular weight is 213 g/mol. The molecule has 0 unspecified atom stereocenters. The number of nitrogens with zero attached hydrogens (tertiary/aromatic N) is 3. The first-order valence-electron chi connectivity index (χ1n) is 4.95. The predicted molar refractivity (Wildman–Crippen MR) is 55.3 cm³/mol. The van der Waals surface area contributed by atoms with Crippen LogP contribution in [-0.4, -0.2) is 21.0 Å². The highest BCUT2D eigenvalue weighted by Gasteiger charge is 2.13. The van der Waals surface area contributed by atoms with Gasteiger partial charge in [-0.2, -0.15) is 4.98 Å². The molecule has 0 aliphatic heterocycles. The average Bonchev–Trinajstić information content (AvgIpc) is 2.19. The molecule has 0 radical (unpaired) electrons. The van der Waals surface area contributed by atoms with Crippen LogP contribution in [0, 0.1) is 0 Å². The van der Waals surface area contributed by atoms with Crippen LogP contribution in [0.1, 0.15) is 32.1 Å². The van der Waals surface area contributed by atoms with Gasteiger partial charge in [0.1, 0.15) is 6.33 Å². The Bertz CT molecular complexity index is 299. The van der Waals surface area contributed by atoms with Gasteiger partial charge >= 0.3 is 0 Å². The number of aromatic nitrogens is 3. The van der Waals surface area contributed by atoms with Gasteiger partial charge in [0.25, 0.3) is 0 Å². The molecule has 1 N–H and O–H groups in total. The van der Waals surface area contributed by atoms with Crippen LogP contribution in [0.3, 0.4) is 0 Å². The first-order chi connectivity index (χ1) is 6.84. The lowest BCUT2D eigenvalue weighted by Crippen LogP contribution is -2.23. The van der Waals surface area contributed by atoms with Crippen LogP contribution >= 0.6 is 11.6 Å². The molecular weight excluding hydrogens is 200 g/mol. The summed E-state index contributed by atoms with van der Waals surface area (Å²) in [6, 6.07) is 0.502. The molecule has 1 fully saturated rings. The highest BCUT2D eigenvalue weighted by atomic mass is 35.5. The number of nitrogens with one attached hydrogen (secondary N) is 1. The molecule has 5 heteroatoms. The minimum atomic E-state index is 0.248. The maximum atomic E-state index is 5.66. The van der Waals surface area contributed by atoms with Gasteiger partial charge in [0.05, 0.1) is 0 Å². The minimum Gasteiger partial charge on any atom is -0.351 e. The molecular formula is C9H13ClN4. The van der Waals surface area contributed by atoms with Crippen LogP contribution in [-0.2, 0) is 0 Å². The summed E-state index contributed by atoms with van der Waals surface area (Å²) >= 11 is 5.66. The van der Waals surface area contributed by atoms with Crippen molar-refractivity contribution in [1.82, 2.24) is 15.0 Å². The Hall–Kier alpha value is -0.900. The fourth-order valence-electron chi connectivity index (χ4n) is 1.78. The lowest BCUT2D eigenvalue weighted by molar-refractivity contribution is 0.460. The Morgan fingerprint density at radius 3 is 2.71 bits per heavy atom. The van der Waals surface area contributed by atoms with Gasteiger partial charge in [0, 0.05) is 6.04 Å². The lowest BCUT2D eigenvalue weighted by Gasteiger charge is -2.22. The van der Waals surface area contributed by atoms with E-state index in [4.69, 9.17) is 11.6 Å². The van der Waals surface area contributed by atoms with Gasteiger partial charge in [0.2, 0.25) is 11.2 Å². The Kier molecular flexibility index (Phi) is 3.14. The smallest absolute Gasteiger partial charge is 0.227 e. The first kappa shape index (κ1) is 9.65. The molecule has 2 rings (SSSR count). The Morgan fingerprint density at radius 1 is 1.21 bits per heavy atom.